The van der Waals surface area contributed by atoms with Gasteiger partial charge in [0.25, 0.3) is 0 Å². The SMILES string of the molecule is Clc1nc(-c2ccccc2)nc(-c2ccc3ccccc3c2)n1. The molecule has 0 atom stereocenters. The van der Waals surface area contributed by atoms with Crippen LogP contribution >= 0.6 is 11.6 Å². The number of halogens is 1. The Morgan fingerprint density at radius 1 is 0.565 bits per heavy atom. The van der Waals surface area contributed by atoms with Gasteiger partial charge < -0.3 is 0 Å². The van der Waals surface area contributed by atoms with E-state index in [1.54, 1.807) is 0 Å². The lowest BCUT2D eigenvalue weighted by atomic mass is 10.1. The average molecular weight is 318 g/mol. The standard InChI is InChI=1S/C19H12ClN3/c20-19-22-17(14-7-2-1-3-8-14)21-18(23-19)16-11-10-13-6-4-5-9-15(13)12-16/h1-12H. The van der Waals surface area contributed by atoms with Gasteiger partial charge in [0.15, 0.2) is 11.6 Å². The molecular formula is C19H12ClN3. The van der Waals surface area contributed by atoms with Crippen molar-refractivity contribution in [3.8, 4) is 22.8 Å². The Morgan fingerprint density at radius 2 is 1.22 bits per heavy atom. The lowest BCUT2D eigenvalue weighted by Crippen LogP contribution is -1.97. The van der Waals surface area contributed by atoms with Crippen LogP contribution in [0, 0.1) is 0 Å². The molecule has 4 aromatic rings. The van der Waals surface area contributed by atoms with Gasteiger partial charge in [-0.2, -0.15) is 9.97 Å². The van der Waals surface area contributed by atoms with E-state index in [0.29, 0.717) is 11.6 Å². The molecule has 0 aliphatic carbocycles. The Kier molecular flexibility index (Phi) is 3.48. The summed E-state index contributed by atoms with van der Waals surface area (Å²) >= 11 is 6.11. The quantitative estimate of drug-likeness (QED) is 0.521. The topological polar surface area (TPSA) is 38.7 Å². The van der Waals surface area contributed by atoms with E-state index in [2.05, 4.69) is 39.2 Å². The summed E-state index contributed by atoms with van der Waals surface area (Å²) in [6.45, 7) is 0. The maximum atomic E-state index is 6.11. The Morgan fingerprint density at radius 3 is 2.00 bits per heavy atom. The van der Waals surface area contributed by atoms with Gasteiger partial charge in [-0.05, 0) is 28.4 Å². The minimum atomic E-state index is 0.196. The zero-order valence-corrected chi connectivity index (χ0v) is 12.9. The normalized spacial score (nSPS) is 10.8. The van der Waals surface area contributed by atoms with Crippen molar-refractivity contribution in [1.29, 1.82) is 0 Å². The fourth-order valence-electron chi connectivity index (χ4n) is 2.52. The molecule has 0 saturated carbocycles. The highest BCUT2D eigenvalue weighted by Gasteiger charge is 2.09. The summed E-state index contributed by atoms with van der Waals surface area (Å²) in [6.07, 6.45) is 0. The number of fused-ring (bicyclic) bond motifs is 1. The largest absolute Gasteiger partial charge is 0.226 e. The molecule has 4 rings (SSSR count). The molecule has 0 unspecified atom stereocenters. The molecule has 23 heavy (non-hydrogen) atoms. The fraction of sp³-hybridized carbons (Fsp3) is 0. The molecule has 3 nitrogen and oxygen atoms in total. The summed E-state index contributed by atoms with van der Waals surface area (Å²) < 4.78 is 0. The van der Waals surface area contributed by atoms with Crippen LogP contribution in [0.3, 0.4) is 0 Å². The van der Waals surface area contributed by atoms with Crippen molar-refractivity contribution in [2.75, 3.05) is 0 Å². The fourth-order valence-corrected chi connectivity index (χ4v) is 2.68. The van der Waals surface area contributed by atoms with Crippen molar-refractivity contribution in [2.45, 2.75) is 0 Å². The van der Waals surface area contributed by atoms with E-state index in [0.717, 1.165) is 16.5 Å². The smallest absolute Gasteiger partial charge is 0.208 e. The lowest BCUT2D eigenvalue weighted by Gasteiger charge is -2.06. The third kappa shape index (κ3) is 2.79. The molecule has 0 spiro atoms. The van der Waals surface area contributed by atoms with Gasteiger partial charge in [0.05, 0.1) is 0 Å². The molecule has 110 valence electrons. The van der Waals surface area contributed by atoms with Crippen molar-refractivity contribution >= 4 is 22.4 Å². The second kappa shape index (κ2) is 5.78. The average Bonchev–Trinajstić information content (AvgIpc) is 2.61. The van der Waals surface area contributed by atoms with E-state index in [-0.39, 0.29) is 5.28 Å². The predicted molar refractivity (Wildman–Crippen MR) is 93.2 cm³/mol. The number of hydrogen-bond acceptors (Lipinski definition) is 3. The number of nitrogens with zero attached hydrogens (tertiary/aromatic N) is 3. The predicted octanol–water partition coefficient (Wildman–Crippen LogP) is 5.01. The maximum Gasteiger partial charge on any atom is 0.226 e. The van der Waals surface area contributed by atoms with E-state index >= 15 is 0 Å². The molecule has 0 bridgehead atoms. The van der Waals surface area contributed by atoms with Gasteiger partial charge in [-0.25, -0.2) is 4.98 Å². The summed E-state index contributed by atoms with van der Waals surface area (Å²) in [5.41, 5.74) is 1.84. The van der Waals surface area contributed by atoms with Crippen LogP contribution in [0.2, 0.25) is 5.28 Å². The lowest BCUT2D eigenvalue weighted by molar-refractivity contribution is 1.07. The third-order valence-corrected chi connectivity index (χ3v) is 3.82. The van der Waals surface area contributed by atoms with Crippen LogP contribution < -0.4 is 0 Å². The second-order valence-electron chi connectivity index (χ2n) is 5.18. The Balaban J connectivity index is 1.86. The molecule has 0 radical (unpaired) electrons. The molecule has 0 aliphatic heterocycles. The minimum Gasteiger partial charge on any atom is -0.208 e. The number of benzene rings is 3. The molecule has 1 aromatic heterocycles. The van der Waals surface area contributed by atoms with Gasteiger partial charge in [0, 0.05) is 11.1 Å². The molecule has 0 saturated heterocycles. The molecule has 4 heteroatoms. The van der Waals surface area contributed by atoms with Crippen LogP contribution in [-0.2, 0) is 0 Å². The summed E-state index contributed by atoms with van der Waals surface area (Å²) in [5, 5.41) is 2.52. The third-order valence-electron chi connectivity index (χ3n) is 3.65. The van der Waals surface area contributed by atoms with Crippen LogP contribution in [0.25, 0.3) is 33.5 Å². The maximum absolute atomic E-state index is 6.11. The zero-order valence-electron chi connectivity index (χ0n) is 12.1. The van der Waals surface area contributed by atoms with Gasteiger partial charge >= 0.3 is 0 Å². The first-order valence-corrected chi connectivity index (χ1v) is 7.63. The van der Waals surface area contributed by atoms with Gasteiger partial charge in [-0.1, -0.05) is 66.7 Å². The molecule has 0 fully saturated rings. The van der Waals surface area contributed by atoms with Crippen LogP contribution in [-0.4, -0.2) is 15.0 Å². The summed E-state index contributed by atoms with van der Waals surface area (Å²) in [4.78, 5) is 13.1. The van der Waals surface area contributed by atoms with Gasteiger partial charge in [-0.3, -0.25) is 0 Å². The van der Waals surface area contributed by atoms with Crippen molar-refractivity contribution in [2.24, 2.45) is 0 Å². The van der Waals surface area contributed by atoms with Gasteiger partial charge in [0.2, 0.25) is 5.28 Å². The second-order valence-corrected chi connectivity index (χ2v) is 5.52. The first-order chi connectivity index (χ1) is 11.3. The molecule has 1 heterocycles. The Bertz CT molecular complexity index is 984. The Hall–Kier alpha value is -2.78. The molecule has 0 N–H and O–H groups in total. The highest BCUT2D eigenvalue weighted by molar-refractivity contribution is 6.28. The van der Waals surface area contributed by atoms with Crippen molar-refractivity contribution in [1.82, 2.24) is 15.0 Å². The zero-order chi connectivity index (χ0) is 15.6. The van der Waals surface area contributed by atoms with Gasteiger partial charge in [-0.15, -0.1) is 0 Å². The van der Waals surface area contributed by atoms with Crippen molar-refractivity contribution < 1.29 is 0 Å². The van der Waals surface area contributed by atoms with E-state index in [4.69, 9.17) is 11.6 Å². The molecular weight excluding hydrogens is 306 g/mol. The van der Waals surface area contributed by atoms with Gasteiger partial charge in [0.1, 0.15) is 0 Å². The number of aromatic nitrogens is 3. The molecule has 0 amide bonds. The highest BCUT2D eigenvalue weighted by Crippen LogP contribution is 2.24. The van der Waals surface area contributed by atoms with Crippen LogP contribution in [0.4, 0.5) is 0 Å². The molecule has 0 aliphatic rings. The van der Waals surface area contributed by atoms with Crippen LogP contribution in [0.1, 0.15) is 0 Å². The molecule has 3 aromatic carbocycles. The number of rotatable bonds is 2. The van der Waals surface area contributed by atoms with E-state index < -0.39 is 0 Å². The number of hydrogen-bond donors (Lipinski definition) is 0. The van der Waals surface area contributed by atoms with E-state index in [9.17, 15) is 0 Å². The van der Waals surface area contributed by atoms with Crippen molar-refractivity contribution in [3.63, 3.8) is 0 Å². The summed E-state index contributed by atoms with van der Waals surface area (Å²) in [5.74, 6) is 1.16. The summed E-state index contributed by atoms with van der Waals surface area (Å²) in [7, 11) is 0. The minimum absolute atomic E-state index is 0.196. The highest BCUT2D eigenvalue weighted by atomic mass is 35.5. The van der Waals surface area contributed by atoms with E-state index in [1.165, 1.54) is 5.39 Å². The van der Waals surface area contributed by atoms with Crippen molar-refractivity contribution in [3.05, 3.63) is 78.1 Å². The van der Waals surface area contributed by atoms with E-state index in [1.807, 2.05) is 48.5 Å². The van der Waals surface area contributed by atoms with Crippen LogP contribution in [0.5, 0.6) is 0 Å². The summed E-state index contributed by atoms with van der Waals surface area (Å²) in [6, 6.07) is 24.1. The Labute approximate surface area is 138 Å². The van der Waals surface area contributed by atoms with Crippen LogP contribution in [0.15, 0.2) is 72.8 Å². The first-order valence-electron chi connectivity index (χ1n) is 7.26. The first kappa shape index (κ1) is 13.9. The monoisotopic (exact) mass is 317 g/mol.